The molecule has 1 aliphatic heterocycles. The highest BCUT2D eigenvalue weighted by Crippen LogP contribution is 2.14. The molecule has 0 radical (unpaired) electrons. The largest absolute Gasteiger partial charge is 0.378 e. The number of rotatable bonds is 8. The highest BCUT2D eigenvalue weighted by Gasteiger charge is 2.22. The average molecular weight is 306 g/mol. The zero-order valence-electron chi connectivity index (χ0n) is 13.1. The van der Waals surface area contributed by atoms with Gasteiger partial charge >= 0.3 is 0 Å². The maximum absolute atomic E-state index is 12.1. The molecule has 5 nitrogen and oxygen atoms in total. The van der Waals surface area contributed by atoms with Crippen molar-refractivity contribution in [3.05, 3.63) is 35.9 Å². The second kappa shape index (κ2) is 9.56. The van der Waals surface area contributed by atoms with Crippen LogP contribution >= 0.6 is 0 Å². The van der Waals surface area contributed by atoms with Crippen LogP contribution < -0.4 is 5.73 Å². The molecule has 1 heterocycles. The summed E-state index contributed by atoms with van der Waals surface area (Å²) in [6.07, 6.45) is 2.96. The van der Waals surface area contributed by atoms with E-state index < -0.39 is 0 Å². The molecule has 0 unspecified atom stereocenters. The third kappa shape index (κ3) is 5.75. The van der Waals surface area contributed by atoms with E-state index >= 15 is 0 Å². The summed E-state index contributed by atoms with van der Waals surface area (Å²) < 4.78 is 11.2. The molecule has 1 saturated heterocycles. The van der Waals surface area contributed by atoms with E-state index in [2.05, 4.69) is 0 Å². The van der Waals surface area contributed by atoms with Gasteiger partial charge in [-0.15, -0.1) is 0 Å². The Balaban J connectivity index is 1.61. The molecule has 2 N–H and O–H groups in total. The third-order valence-electron chi connectivity index (χ3n) is 3.83. The maximum atomic E-state index is 12.1. The summed E-state index contributed by atoms with van der Waals surface area (Å²) in [6, 6.07) is 9.89. The summed E-state index contributed by atoms with van der Waals surface area (Å²) in [5, 5.41) is 0. The fraction of sp³-hybridized carbons (Fsp3) is 0.588. The van der Waals surface area contributed by atoms with Gasteiger partial charge < -0.3 is 20.1 Å². The number of nitrogens with two attached hydrogens (primary N) is 1. The second-order valence-electron chi connectivity index (χ2n) is 5.57. The quantitative estimate of drug-likeness (QED) is 0.740. The Morgan fingerprint density at radius 2 is 1.95 bits per heavy atom. The number of nitrogens with zero attached hydrogens (tertiary/aromatic N) is 1. The molecule has 0 bridgehead atoms. The number of carbonyl (C=O) groups is 1. The van der Waals surface area contributed by atoms with E-state index in [0.29, 0.717) is 13.2 Å². The number of likely N-dealkylation sites (tertiary alicyclic amines) is 1. The van der Waals surface area contributed by atoms with Crippen LogP contribution in [0.15, 0.2) is 30.3 Å². The van der Waals surface area contributed by atoms with Gasteiger partial charge in [-0.1, -0.05) is 30.3 Å². The van der Waals surface area contributed by atoms with Gasteiger partial charge in [0, 0.05) is 19.7 Å². The Morgan fingerprint density at radius 1 is 1.23 bits per heavy atom. The molecule has 1 aromatic rings. The van der Waals surface area contributed by atoms with Crippen molar-refractivity contribution < 1.29 is 14.3 Å². The molecule has 1 aromatic carbocycles. The number of benzene rings is 1. The average Bonchev–Trinajstić information content (AvgIpc) is 2.56. The Kier molecular flexibility index (Phi) is 7.36. The van der Waals surface area contributed by atoms with Crippen LogP contribution in [0.2, 0.25) is 0 Å². The lowest BCUT2D eigenvalue weighted by molar-refractivity contribution is -0.139. The Bertz CT molecular complexity index is 431. The molecule has 5 heteroatoms. The highest BCUT2D eigenvalue weighted by molar-refractivity contribution is 5.77. The molecule has 1 aliphatic rings. The third-order valence-corrected chi connectivity index (χ3v) is 3.83. The van der Waals surface area contributed by atoms with Crippen LogP contribution in [0.1, 0.15) is 24.8 Å². The fourth-order valence-electron chi connectivity index (χ4n) is 2.53. The molecular weight excluding hydrogens is 280 g/mol. The highest BCUT2D eigenvalue weighted by atomic mass is 16.5. The van der Waals surface area contributed by atoms with Gasteiger partial charge in [-0.2, -0.15) is 0 Å². The normalized spacial score (nSPS) is 16.0. The SMILES string of the molecule is NCCCOC1CCN(C(=O)COCc2ccccc2)CC1. The van der Waals surface area contributed by atoms with Crippen molar-refractivity contribution in [2.24, 2.45) is 5.73 Å². The topological polar surface area (TPSA) is 64.8 Å². The fourth-order valence-corrected chi connectivity index (χ4v) is 2.53. The monoisotopic (exact) mass is 306 g/mol. The van der Waals surface area contributed by atoms with E-state index in [-0.39, 0.29) is 18.6 Å². The number of carbonyl (C=O) groups excluding carboxylic acids is 1. The first-order chi connectivity index (χ1) is 10.8. The summed E-state index contributed by atoms with van der Waals surface area (Å²) in [4.78, 5) is 14.0. The van der Waals surface area contributed by atoms with Gasteiger partial charge in [0.05, 0.1) is 12.7 Å². The first-order valence-electron chi connectivity index (χ1n) is 8.00. The van der Waals surface area contributed by atoms with Crippen LogP contribution in [0, 0.1) is 0 Å². The van der Waals surface area contributed by atoms with Crippen molar-refractivity contribution in [2.45, 2.75) is 32.0 Å². The lowest BCUT2D eigenvalue weighted by atomic mass is 10.1. The Morgan fingerprint density at radius 3 is 2.64 bits per heavy atom. The van der Waals surface area contributed by atoms with E-state index in [1.807, 2.05) is 35.2 Å². The van der Waals surface area contributed by atoms with Crippen LogP contribution in [0.4, 0.5) is 0 Å². The van der Waals surface area contributed by atoms with E-state index in [4.69, 9.17) is 15.2 Å². The summed E-state index contributed by atoms with van der Waals surface area (Å²) in [7, 11) is 0. The van der Waals surface area contributed by atoms with Gasteiger partial charge in [-0.05, 0) is 31.4 Å². The molecule has 1 fully saturated rings. The molecular formula is C17H26N2O3. The maximum Gasteiger partial charge on any atom is 0.248 e. The summed E-state index contributed by atoms with van der Waals surface area (Å²) in [6.45, 7) is 3.51. The Labute approximate surface area is 132 Å². The van der Waals surface area contributed by atoms with Crippen molar-refractivity contribution in [1.82, 2.24) is 4.90 Å². The molecule has 0 spiro atoms. The number of hydrogen-bond donors (Lipinski definition) is 1. The lowest BCUT2D eigenvalue weighted by Gasteiger charge is -2.32. The first kappa shape index (κ1) is 16.9. The predicted octanol–water partition coefficient (Wildman–Crippen LogP) is 1.56. The number of amides is 1. The molecule has 122 valence electrons. The van der Waals surface area contributed by atoms with Crippen molar-refractivity contribution in [3.8, 4) is 0 Å². The summed E-state index contributed by atoms with van der Waals surface area (Å²) in [5.41, 5.74) is 6.53. The minimum absolute atomic E-state index is 0.0661. The molecule has 1 amide bonds. The van der Waals surface area contributed by atoms with Gasteiger partial charge in [-0.25, -0.2) is 0 Å². The van der Waals surface area contributed by atoms with Crippen molar-refractivity contribution in [3.63, 3.8) is 0 Å². The number of hydrogen-bond acceptors (Lipinski definition) is 4. The molecule has 22 heavy (non-hydrogen) atoms. The van der Waals surface area contributed by atoms with Gasteiger partial charge in [0.15, 0.2) is 0 Å². The molecule has 0 aliphatic carbocycles. The minimum Gasteiger partial charge on any atom is -0.378 e. The van der Waals surface area contributed by atoms with Gasteiger partial charge in [0.2, 0.25) is 5.91 Å². The predicted molar refractivity (Wildman–Crippen MR) is 85.3 cm³/mol. The molecule has 2 rings (SSSR count). The van der Waals surface area contributed by atoms with Crippen molar-refractivity contribution in [1.29, 1.82) is 0 Å². The van der Waals surface area contributed by atoms with Gasteiger partial charge in [0.25, 0.3) is 0 Å². The smallest absolute Gasteiger partial charge is 0.248 e. The standard InChI is InChI=1S/C17H26N2O3/c18-9-4-12-22-16-7-10-19(11-8-16)17(20)14-21-13-15-5-2-1-3-6-15/h1-3,5-6,16H,4,7-14,18H2. The van der Waals surface area contributed by atoms with E-state index in [0.717, 1.165) is 44.5 Å². The van der Waals surface area contributed by atoms with E-state index in [1.54, 1.807) is 0 Å². The molecule has 0 saturated carbocycles. The van der Waals surface area contributed by atoms with Crippen molar-refractivity contribution >= 4 is 5.91 Å². The van der Waals surface area contributed by atoms with Crippen LogP contribution in [0.25, 0.3) is 0 Å². The number of ether oxygens (including phenoxy) is 2. The van der Waals surface area contributed by atoms with E-state index in [9.17, 15) is 4.79 Å². The summed E-state index contributed by atoms with van der Waals surface area (Å²) in [5.74, 6) is 0.0661. The van der Waals surface area contributed by atoms with Gasteiger partial charge in [0.1, 0.15) is 6.61 Å². The van der Waals surface area contributed by atoms with Crippen LogP contribution in [0.5, 0.6) is 0 Å². The summed E-state index contributed by atoms with van der Waals surface area (Å²) >= 11 is 0. The number of piperidine rings is 1. The van der Waals surface area contributed by atoms with Crippen LogP contribution in [-0.2, 0) is 20.9 Å². The zero-order chi connectivity index (χ0) is 15.6. The van der Waals surface area contributed by atoms with Crippen molar-refractivity contribution in [2.75, 3.05) is 32.8 Å². The first-order valence-corrected chi connectivity index (χ1v) is 8.00. The van der Waals surface area contributed by atoms with Crippen LogP contribution in [-0.4, -0.2) is 49.8 Å². The minimum atomic E-state index is 0.0661. The Hall–Kier alpha value is -1.43. The molecule has 0 atom stereocenters. The van der Waals surface area contributed by atoms with Crippen LogP contribution in [0.3, 0.4) is 0 Å². The lowest BCUT2D eigenvalue weighted by Crippen LogP contribution is -2.42. The van der Waals surface area contributed by atoms with E-state index in [1.165, 1.54) is 0 Å². The second-order valence-corrected chi connectivity index (χ2v) is 5.57. The van der Waals surface area contributed by atoms with Gasteiger partial charge in [-0.3, -0.25) is 4.79 Å². The zero-order valence-corrected chi connectivity index (χ0v) is 13.1. The molecule has 0 aromatic heterocycles.